The summed E-state index contributed by atoms with van der Waals surface area (Å²) < 4.78 is 28.4. The highest BCUT2D eigenvalue weighted by Gasteiger charge is 2.27. The first-order chi connectivity index (χ1) is 12.9. The van der Waals surface area contributed by atoms with Gasteiger partial charge in [0.15, 0.2) is 9.84 Å². The van der Waals surface area contributed by atoms with Crippen LogP contribution in [0.3, 0.4) is 0 Å². The molecule has 0 spiro atoms. The summed E-state index contributed by atoms with van der Waals surface area (Å²) in [5.74, 6) is 0.621. The standard InChI is InChI=1S/C20H30N2O4S/c1-27(24,25)19-5-2-16(3-6-19)4-7-20(23)21-14-17-8-11-22(12-9-17)18-10-13-26-15-18/h2-3,5-6,17-18H,4,7-15H2,1H3,(H,21,23). The van der Waals surface area contributed by atoms with Gasteiger partial charge in [-0.2, -0.15) is 0 Å². The lowest BCUT2D eigenvalue weighted by molar-refractivity contribution is -0.121. The minimum atomic E-state index is -3.17. The number of amides is 1. The molecule has 1 unspecified atom stereocenters. The Morgan fingerprint density at radius 2 is 1.89 bits per heavy atom. The van der Waals surface area contributed by atoms with Gasteiger partial charge in [0, 0.05) is 31.9 Å². The van der Waals surface area contributed by atoms with E-state index in [1.807, 2.05) is 0 Å². The van der Waals surface area contributed by atoms with Crippen LogP contribution in [0, 0.1) is 5.92 Å². The Labute approximate surface area is 162 Å². The molecule has 1 aromatic rings. The lowest BCUT2D eigenvalue weighted by Crippen LogP contribution is -2.44. The SMILES string of the molecule is CS(=O)(=O)c1ccc(CCC(=O)NCC2CCN(C3CCOC3)CC2)cc1. The molecule has 0 aliphatic carbocycles. The fourth-order valence-electron chi connectivity index (χ4n) is 3.84. The van der Waals surface area contributed by atoms with Crippen molar-refractivity contribution >= 4 is 15.7 Å². The minimum Gasteiger partial charge on any atom is -0.380 e. The summed E-state index contributed by atoms with van der Waals surface area (Å²) in [6, 6.07) is 7.37. The molecule has 2 saturated heterocycles. The Hall–Kier alpha value is -1.44. The Kier molecular flexibility index (Phi) is 6.89. The van der Waals surface area contributed by atoms with Crippen LogP contribution in [-0.2, 0) is 25.8 Å². The van der Waals surface area contributed by atoms with Gasteiger partial charge in [-0.3, -0.25) is 9.69 Å². The van der Waals surface area contributed by atoms with Crippen LogP contribution in [0.15, 0.2) is 29.2 Å². The van der Waals surface area contributed by atoms with Gasteiger partial charge < -0.3 is 10.1 Å². The molecule has 1 aromatic carbocycles. The van der Waals surface area contributed by atoms with Crippen LogP contribution < -0.4 is 5.32 Å². The van der Waals surface area contributed by atoms with Crippen molar-refractivity contribution in [1.29, 1.82) is 0 Å². The van der Waals surface area contributed by atoms with Crippen molar-refractivity contribution in [1.82, 2.24) is 10.2 Å². The molecule has 6 nitrogen and oxygen atoms in total. The van der Waals surface area contributed by atoms with Gasteiger partial charge in [0.05, 0.1) is 11.5 Å². The number of benzene rings is 1. The number of aryl methyl sites for hydroxylation is 1. The van der Waals surface area contributed by atoms with Crippen molar-refractivity contribution in [3.8, 4) is 0 Å². The Morgan fingerprint density at radius 1 is 1.19 bits per heavy atom. The van der Waals surface area contributed by atoms with Gasteiger partial charge in [0.1, 0.15) is 0 Å². The number of nitrogens with zero attached hydrogens (tertiary/aromatic N) is 1. The molecule has 2 fully saturated rings. The quantitative estimate of drug-likeness (QED) is 0.761. The number of hydrogen-bond acceptors (Lipinski definition) is 5. The highest BCUT2D eigenvalue weighted by molar-refractivity contribution is 7.90. The van der Waals surface area contributed by atoms with Crippen LogP contribution in [0.5, 0.6) is 0 Å². The zero-order valence-electron chi connectivity index (χ0n) is 16.0. The molecular weight excluding hydrogens is 364 g/mol. The van der Waals surface area contributed by atoms with Crippen molar-refractivity contribution in [3.05, 3.63) is 29.8 Å². The van der Waals surface area contributed by atoms with E-state index in [9.17, 15) is 13.2 Å². The Bertz CT molecular complexity index is 719. The maximum absolute atomic E-state index is 12.1. The van der Waals surface area contributed by atoms with E-state index >= 15 is 0 Å². The van der Waals surface area contributed by atoms with Gasteiger partial charge >= 0.3 is 0 Å². The van der Waals surface area contributed by atoms with Crippen molar-refractivity contribution in [2.75, 3.05) is 39.1 Å². The topological polar surface area (TPSA) is 75.7 Å². The summed E-state index contributed by atoms with van der Waals surface area (Å²) in [5, 5.41) is 3.06. The molecule has 2 aliphatic heterocycles. The number of ether oxygens (including phenoxy) is 1. The molecule has 3 rings (SSSR count). The van der Waals surface area contributed by atoms with Crippen molar-refractivity contribution in [2.45, 2.75) is 43.0 Å². The largest absolute Gasteiger partial charge is 0.380 e. The van der Waals surface area contributed by atoms with Gasteiger partial charge in [-0.05, 0) is 62.4 Å². The minimum absolute atomic E-state index is 0.0637. The van der Waals surface area contributed by atoms with E-state index in [1.54, 1.807) is 24.3 Å². The van der Waals surface area contributed by atoms with E-state index in [1.165, 1.54) is 6.26 Å². The van der Waals surface area contributed by atoms with Crippen LogP contribution in [0.1, 0.15) is 31.2 Å². The number of carbonyl (C=O) groups excluding carboxylic acids is 1. The fraction of sp³-hybridized carbons (Fsp3) is 0.650. The number of nitrogens with one attached hydrogen (secondary N) is 1. The van der Waals surface area contributed by atoms with Gasteiger partial charge in [-0.1, -0.05) is 12.1 Å². The molecule has 0 aromatic heterocycles. The molecule has 0 bridgehead atoms. The lowest BCUT2D eigenvalue weighted by Gasteiger charge is -2.35. The van der Waals surface area contributed by atoms with E-state index in [-0.39, 0.29) is 5.91 Å². The van der Waals surface area contributed by atoms with Crippen LogP contribution in [0.2, 0.25) is 0 Å². The third-order valence-corrected chi connectivity index (χ3v) is 6.78. The van der Waals surface area contributed by atoms with Crippen LogP contribution in [0.4, 0.5) is 0 Å². The molecular formula is C20H30N2O4S. The van der Waals surface area contributed by atoms with Crippen LogP contribution >= 0.6 is 0 Å². The number of piperidine rings is 1. The molecule has 2 aliphatic rings. The number of carbonyl (C=O) groups is 1. The second kappa shape index (κ2) is 9.17. The van der Waals surface area contributed by atoms with Gasteiger partial charge in [0.2, 0.25) is 5.91 Å². The van der Waals surface area contributed by atoms with E-state index < -0.39 is 9.84 Å². The molecule has 1 amide bonds. The van der Waals surface area contributed by atoms with E-state index in [4.69, 9.17) is 4.74 Å². The summed E-state index contributed by atoms with van der Waals surface area (Å²) in [6.45, 7) is 4.70. The monoisotopic (exact) mass is 394 g/mol. The Morgan fingerprint density at radius 3 is 2.48 bits per heavy atom. The summed E-state index contributed by atoms with van der Waals surface area (Å²) in [6.07, 6.45) is 5.65. The first kappa shape index (κ1) is 20.3. The van der Waals surface area contributed by atoms with Gasteiger partial charge in [0.25, 0.3) is 0 Å². The number of likely N-dealkylation sites (tertiary alicyclic amines) is 1. The summed E-state index contributed by atoms with van der Waals surface area (Å²) >= 11 is 0. The molecule has 27 heavy (non-hydrogen) atoms. The maximum Gasteiger partial charge on any atom is 0.220 e. The first-order valence-electron chi connectivity index (χ1n) is 9.79. The highest BCUT2D eigenvalue weighted by atomic mass is 32.2. The average molecular weight is 395 g/mol. The van der Waals surface area contributed by atoms with Crippen LogP contribution in [-0.4, -0.2) is 64.4 Å². The Balaban J connectivity index is 1.34. The molecule has 0 radical (unpaired) electrons. The number of rotatable bonds is 7. The smallest absolute Gasteiger partial charge is 0.220 e. The zero-order chi connectivity index (χ0) is 19.3. The van der Waals surface area contributed by atoms with Crippen molar-refractivity contribution < 1.29 is 17.9 Å². The number of sulfone groups is 1. The predicted molar refractivity (Wildman–Crippen MR) is 104 cm³/mol. The van der Waals surface area contributed by atoms with Gasteiger partial charge in [-0.25, -0.2) is 8.42 Å². The van der Waals surface area contributed by atoms with Crippen LogP contribution in [0.25, 0.3) is 0 Å². The zero-order valence-corrected chi connectivity index (χ0v) is 16.8. The molecule has 7 heteroatoms. The normalized spacial score (nSPS) is 22.0. The lowest BCUT2D eigenvalue weighted by atomic mass is 9.95. The van der Waals surface area contributed by atoms with E-state index in [0.717, 1.165) is 57.7 Å². The fourth-order valence-corrected chi connectivity index (χ4v) is 4.47. The van der Waals surface area contributed by atoms with E-state index in [0.29, 0.717) is 29.7 Å². The summed E-state index contributed by atoms with van der Waals surface area (Å²) in [4.78, 5) is 15.0. The molecule has 2 heterocycles. The van der Waals surface area contributed by atoms with Crippen molar-refractivity contribution in [3.63, 3.8) is 0 Å². The average Bonchev–Trinajstić information content (AvgIpc) is 3.19. The molecule has 150 valence electrons. The molecule has 0 saturated carbocycles. The van der Waals surface area contributed by atoms with E-state index in [2.05, 4.69) is 10.2 Å². The molecule has 1 atom stereocenters. The number of hydrogen-bond donors (Lipinski definition) is 1. The van der Waals surface area contributed by atoms with Gasteiger partial charge in [-0.15, -0.1) is 0 Å². The third kappa shape index (κ3) is 6.02. The first-order valence-corrected chi connectivity index (χ1v) is 11.7. The summed E-state index contributed by atoms with van der Waals surface area (Å²) in [5.41, 5.74) is 0.977. The molecule has 1 N–H and O–H groups in total. The second-order valence-corrected chi connectivity index (χ2v) is 9.73. The third-order valence-electron chi connectivity index (χ3n) is 5.65. The second-order valence-electron chi connectivity index (χ2n) is 7.72. The predicted octanol–water partition coefficient (Wildman–Crippen LogP) is 1.64. The maximum atomic E-state index is 12.1. The summed E-state index contributed by atoms with van der Waals surface area (Å²) in [7, 11) is -3.17. The highest BCUT2D eigenvalue weighted by Crippen LogP contribution is 2.22. The van der Waals surface area contributed by atoms with Crippen molar-refractivity contribution in [2.24, 2.45) is 5.92 Å².